The first-order valence-corrected chi connectivity index (χ1v) is 5.91. The summed E-state index contributed by atoms with van der Waals surface area (Å²) in [6.45, 7) is 1.87. The number of hydrogen-bond acceptors (Lipinski definition) is 6. The molecule has 0 spiro atoms. The zero-order valence-electron chi connectivity index (χ0n) is 10.3. The van der Waals surface area contributed by atoms with Gasteiger partial charge in [0.1, 0.15) is 5.69 Å². The molecule has 100 valence electrons. The third kappa shape index (κ3) is 2.81. The minimum Gasteiger partial charge on any atom is -0.373 e. The third-order valence-electron chi connectivity index (χ3n) is 3.04. The van der Waals surface area contributed by atoms with Gasteiger partial charge in [-0.2, -0.15) is 5.26 Å². The lowest BCUT2D eigenvalue weighted by atomic mass is 10.1. The van der Waals surface area contributed by atoms with E-state index < -0.39 is 4.92 Å². The second-order valence-corrected chi connectivity index (χ2v) is 4.25. The molecule has 1 atom stereocenters. The van der Waals surface area contributed by atoms with E-state index in [1.807, 2.05) is 11.0 Å². The van der Waals surface area contributed by atoms with Crippen LogP contribution in [0.2, 0.25) is 0 Å². The van der Waals surface area contributed by atoms with Crippen molar-refractivity contribution in [3.05, 3.63) is 33.9 Å². The number of ether oxygens (including phenoxy) is 1. The van der Waals surface area contributed by atoms with Crippen LogP contribution in [-0.4, -0.2) is 37.3 Å². The van der Waals surface area contributed by atoms with Crippen molar-refractivity contribution in [1.29, 1.82) is 5.26 Å². The van der Waals surface area contributed by atoms with Crippen LogP contribution in [-0.2, 0) is 4.74 Å². The average molecular weight is 262 g/mol. The van der Waals surface area contributed by atoms with Crippen molar-refractivity contribution >= 4 is 11.4 Å². The van der Waals surface area contributed by atoms with Crippen LogP contribution >= 0.6 is 0 Å². The van der Waals surface area contributed by atoms with Gasteiger partial charge in [-0.15, -0.1) is 0 Å². The molecule has 0 amide bonds. The summed E-state index contributed by atoms with van der Waals surface area (Å²) in [4.78, 5) is 12.5. The van der Waals surface area contributed by atoms with Crippen molar-refractivity contribution in [2.24, 2.45) is 5.73 Å². The Labute approximate surface area is 110 Å². The Hall–Kier alpha value is -2.17. The van der Waals surface area contributed by atoms with E-state index in [2.05, 4.69) is 0 Å². The molecular formula is C12H14N4O3. The quantitative estimate of drug-likeness (QED) is 0.632. The smallest absolute Gasteiger partial charge is 0.292 e. The molecule has 0 aromatic heterocycles. The van der Waals surface area contributed by atoms with Crippen molar-refractivity contribution in [2.45, 2.75) is 6.10 Å². The maximum absolute atomic E-state index is 11.1. The van der Waals surface area contributed by atoms with E-state index in [1.54, 1.807) is 0 Å². The summed E-state index contributed by atoms with van der Waals surface area (Å²) in [6.07, 6.45) is -0.140. The monoisotopic (exact) mass is 262 g/mol. The predicted octanol–water partition coefficient (Wildman–Crippen LogP) is 0.630. The van der Waals surface area contributed by atoms with Crippen molar-refractivity contribution in [3.63, 3.8) is 0 Å². The van der Waals surface area contributed by atoms with Crippen LogP contribution in [0.25, 0.3) is 0 Å². The first kappa shape index (κ1) is 13.3. The van der Waals surface area contributed by atoms with Crippen LogP contribution in [0.5, 0.6) is 0 Å². The van der Waals surface area contributed by atoms with Gasteiger partial charge in [0, 0.05) is 25.7 Å². The number of nitro benzene ring substituents is 1. The molecule has 1 aromatic rings. The molecule has 7 nitrogen and oxygen atoms in total. The number of hydrogen-bond donors (Lipinski definition) is 1. The SMILES string of the molecule is N#Cc1ccc([N+](=O)[O-])c(N2CCOC(CN)C2)c1. The maximum Gasteiger partial charge on any atom is 0.292 e. The normalized spacial score (nSPS) is 18.9. The van der Waals surface area contributed by atoms with Crippen LogP contribution in [0, 0.1) is 21.4 Å². The van der Waals surface area contributed by atoms with Gasteiger partial charge in [-0.3, -0.25) is 10.1 Å². The van der Waals surface area contributed by atoms with Crippen LogP contribution in [0.1, 0.15) is 5.56 Å². The summed E-state index contributed by atoms with van der Waals surface area (Å²) in [5.41, 5.74) is 6.41. The molecule has 0 aliphatic carbocycles. The zero-order chi connectivity index (χ0) is 13.8. The highest BCUT2D eigenvalue weighted by Gasteiger charge is 2.25. The van der Waals surface area contributed by atoms with Gasteiger partial charge in [0.05, 0.1) is 29.3 Å². The number of nitriles is 1. The standard InChI is InChI=1S/C12H14N4O3/c13-6-9-1-2-11(16(17)18)12(5-9)15-3-4-19-10(7-14)8-15/h1-2,5,10H,3-4,7-8,14H2. The fraction of sp³-hybridized carbons (Fsp3) is 0.417. The van der Waals surface area contributed by atoms with Crippen molar-refractivity contribution in [1.82, 2.24) is 0 Å². The van der Waals surface area contributed by atoms with Crippen LogP contribution in [0.4, 0.5) is 11.4 Å². The molecule has 0 bridgehead atoms. The molecule has 0 radical (unpaired) electrons. The minimum absolute atomic E-state index is 0.00308. The summed E-state index contributed by atoms with van der Waals surface area (Å²) in [5, 5.41) is 20.0. The van der Waals surface area contributed by atoms with Crippen molar-refractivity contribution in [2.75, 3.05) is 31.1 Å². The van der Waals surface area contributed by atoms with Crippen LogP contribution in [0.15, 0.2) is 18.2 Å². The maximum atomic E-state index is 11.1. The number of benzene rings is 1. The number of rotatable bonds is 3. The van der Waals surface area contributed by atoms with Gasteiger partial charge in [-0.25, -0.2) is 0 Å². The Kier molecular flexibility index (Phi) is 3.94. The lowest BCUT2D eigenvalue weighted by Gasteiger charge is -2.33. The Bertz CT molecular complexity index is 526. The molecular weight excluding hydrogens is 248 g/mol. The van der Waals surface area contributed by atoms with Gasteiger partial charge in [0.25, 0.3) is 5.69 Å². The molecule has 1 fully saturated rings. The first-order chi connectivity index (χ1) is 9.15. The van der Waals surface area contributed by atoms with E-state index in [9.17, 15) is 10.1 Å². The Morgan fingerprint density at radius 1 is 1.63 bits per heavy atom. The molecule has 7 heteroatoms. The summed E-state index contributed by atoms with van der Waals surface area (Å²) < 4.78 is 5.43. The van der Waals surface area contributed by atoms with Crippen molar-refractivity contribution in [3.8, 4) is 6.07 Å². The summed E-state index contributed by atoms with van der Waals surface area (Å²) in [7, 11) is 0. The highest BCUT2D eigenvalue weighted by Crippen LogP contribution is 2.30. The summed E-state index contributed by atoms with van der Waals surface area (Å²) in [6, 6.07) is 6.34. The topological polar surface area (TPSA) is 105 Å². The Balaban J connectivity index is 2.36. The van der Waals surface area contributed by atoms with Crippen LogP contribution < -0.4 is 10.6 Å². The fourth-order valence-corrected chi connectivity index (χ4v) is 2.08. The molecule has 1 aliphatic rings. The zero-order valence-corrected chi connectivity index (χ0v) is 10.3. The molecule has 1 aromatic carbocycles. The lowest BCUT2D eigenvalue weighted by molar-refractivity contribution is -0.384. The van der Waals surface area contributed by atoms with E-state index >= 15 is 0 Å². The highest BCUT2D eigenvalue weighted by molar-refractivity contribution is 5.66. The highest BCUT2D eigenvalue weighted by atomic mass is 16.6. The Morgan fingerprint density at radius 2 is 2.42 bits per heavy atom. The molecule has 2 N–H and O–H groups in total. The van der Waals surface area contributed by atoms with Gasteiger partial charge in [0.15, 0.2) is 0 Å². The van der Waals surface area contributed by atoms with Gasteiger partial charge in [-0.05, 0) is 12.1 Å². The predicted molar refractivity (Wildman–Crippen MR) is 68.8 cm³/mol. The van der Waals surface area contributed by atoms with Gasteiger partial charge >= 0.3 is 0 Å². The molecule has 1 saturated heterocycles. The largest absolute Gasteiger partial charge is 0.373 e. The number of nitrogens with two attached hydrogens (primary N) is 1. The van der Waals surface area contributed by atoms with E-state index in [0.717, 1.165) is 0 Å². The fourth-order valence-electron chi connectivity index (χ4n) is 2.08. The van der Waals surface area contributed by atoms with E-state index in [0.29, 0.717) is 37.5 Å². The number of anilines is 1. The van der Waals surface area contributed by atoms with Gasteiger partial charge in [-0.1, -0.05) is 0 Å². The summed E-state index contributed by atoms with van der Waals surface area (Å²) in [5.74, 6) is 0. The van der Waals surface area contributed by atoms with E-state index in [4.69, 9.17) is 15.7 Å². The molecule has 1 heterocycles. The Morgan fingerprint density at radius 3 is 3.05 bits per heavy atom. The summed E-state index contributed by atoms with van der Waals surface area (Å²) >= 11 is 0. The third-order valence-corrected chi connectivity index (χ3v) is 3.04. The lowest BCUT2D eigenvalue weighted by Crippen LogP contribution is -2.45. The molecule has 0 saturated carbocycles. The molecule has 2 rings (SSSR count). The van der Waals surface area contributed by atoms with Gasteiger partial charge < -0.3 is 15.4 Å². The second-order valence-electron chi connectivity index (χ2n) is 4.25. The van der Waals surface area contributed by atoms with E-state index in [-0.39, 0.29) is 11.8 Å². The minimum atomic E-state index is -0.441. The van der Waals surface area contributed by atoms with Crippen molar-refractivity contribution < 1.29 is 9.66 Å². The number of morpholine rings is 1. The molecule has 1 aliphatic heterocycles. The van der Waals surface area contributed by atoms with Crippen LogP contribution in [0.3, 0.4) is 0 Å². The van der Waals surface area contributed by atoms with Gasteiger partial charge in [0.2, 0.25) is 0 Å². The van der Waals surface area contributed by atoms with E-state index in [1.165, 1.54) is 18.2 Å². The first-order valence-electron chi connectivity index (χ1n) is 5.91. The number of nitrogens with zero attached hydrogens (tertiary/aromatic N) is 3. The number of nitro groups is 1. The molecule has 1 unspecified atom stereocenters. The molecule has 19 heavy (non-hydrogen) atoms. The average Bonchev–Trinajstić information content (AvgIpc) is 2.46. The second kappa shape index (κ2) is 5.65.